The first-order chi connectivity index (χ1) is 20.5. The standard InChI is InChI=1S/C30H22F3N3O5S2/c1-15-7-2-4-11-19(15)34-21(37)14-41-17-9-6-8-16(13-17)22-23-25(42-26-24(22)43-29(40)35-26)28(39)36(27(23)38)20-12-5-3-10-18(20)30(31,32)33/h2-13,22-23,25H,14H2,1H3,(H,34,37)(H,35,40). The number of carbonyl (C=O) groups is 3. The number of nitrogens with zero attached hydrogens (tertiary/aromatic N) is 1. The van der Waals surface area contributed by atoms with Crippen LogP contribution in [-0.2, 0) is 20.6 Å². The number of nitrogens with one attached hydrogen (secondary N) is 2. The summed E-state index contributed by atoms with van der Waals surface area (Å²) in [5, 5.41) is 2.10. The van der Waals surface area contributed by atoms with Gasteiger partial charge in [-0.15, -0.1) is 0 Å². The van der Waals surface area contributed by atoms with Crippen molar-refractivity contribution in [2.45, 2.75) is 29.3 Å². The highest BCUT2D eigenvalue weighted by atomic mass is 32.2. The number of aryl methyl sites for hydroxylation is 1. The van der Waals surface area contributed by atoms with E-state index in [1.54, 1.807) is 36.4 Å². The molecule has 8 nitrogen and oxygen atoms in total. The van der Waals surface area contributed by atoms with Gasteiger partial charge in [-0.3, -0.25) is 19.2 Å². The number of ether oxygens (including phenoxy) is 1. The predicted molar refractivity (Wildman–Crippen MR) is 156 cm³/mol. The highest BCUT2D eigenvalue weighted by Gasteiger charge is 2.57. The number of thiazole rings is 1. The van der Waals surface area contributed by atoms with Gasteiger partial charge in [-0.05, 0) is 48.4 Å². The maximum absolute atomic E-state index is 13.9. The molecule has 1 saturated heterocycles. The molecule has 0 spiro atoms. The number of amides is 3. The van der Waals surface area contributed by atoms with Crippen LogP contribution in [0.1, 0.15) is 27.5 Å². The lowest BCUT2D eigenvalue weighted by Crippen LogP contribution is -2.33. The van der Waals surface area contributed by atoms with Crippen LogP contribution in [0.25, 0.3) is 0 Å². The van der Waals surface area contributed by atoms with E-state index in [1.807, 2.05) is 19.1 Å². The number of hydrogen-bond donors (Lipinski definition) is 2. The minimum atomic E-state index is -4.79. The Kier molecular flexibility index (Phi) is 7.38. The molecule has 1 fully saturated rings. The van der Waals surface area contributed by atoms with Crippen LogP contribution in [0.2, 0.25) is 0 Å². The molecule has 0 bridgehead atoms. The van der Waals surface area contributed by atoms with E-state index in [1.165, 1.54) is 12.1 Å². The summed E-state index contributed by atoms with van der Waals surface area (Å²) in [5.74, 6) is -3.59. The minimum absolute atomic E-state index is 0.299. The fourth-order valence-electron chi connectivity index (χ4n) is 5.37. The van der Waals surface area contributed by atoms with E-state index in [0.29, 0.717) is 31.8 Å². The molecule has 3 unspecified atom stereocenters. The first kappa shape index (κ1) is 28.7. The van der Waals surface area contributed by atoms with Crippen molar-refractivity contribution in [3.63, 3.8) is 0 Å². The van der Waals surface area contributed by atoms with Gasteiger partial charge < -0.3 is 15.0 Å². The number of carbonyl (C=O) groups excluding carboxylic acids is 3. The Labute approximate surface area is 250 Å². The Morgan fingerprint density at radius 2 is 1.74 bits per heavy atom. The second kappa shape index (κ2) is 11.0. The number of aromatic nitrogens is 1. The van der Waals surface area contributed by atoms with E-state index >= 15 is 0 Å². The average Bonchev–Trinajstić information content (AvgIpc) is 3.46. The molecule has 220 valence electrons. The topological polar surface area (TPSA) is 109 Å². The van der Waals surface area contributed by atoms with Gasteiger partial charge in [-0.2, -0.15) is 13.2 Å². The number of H-pyrrole nitrogens is 1. The fraction of sp³-hybridized carbons (Fsp3) is 0.200. The highest BCUT2D eigenvalue weighted by Crippen LogP contribution is 2.54. The van der Waals surface area contributed by atoms with Crippen molar-refractivity contribution >= 4 is 52.2 Å². The SMILES string of the molecule is Cc1ccccc1NC(=O)COc1cccc(C2c3sc(=O)[nH]c3SC3C(=O)N(c4ccccc4C(F)(F)F)C(=O)C32)c1. The minimum Gasteiger partial charge on any atom is -0.484 e. The number of para-hydroxylation sites is 2. The van der Waals surface area contributed by atoms with Crippen molar-refractivity contribution in [2.24, 2.45) is 5.92 Å². The normalized spacial score (nSPS) is 19.6. The van der Waals surface area contributed by atoms with Crippen LogP contribution in [-0.4, -0.2) is 34.6 Å². The number of aromatic amines is 1. The lowest BCUT2D eigenvalue weighted by Gasteiger charge is -2.30. The second-order valence-electron chi connectivity index (χ2n) is 10.0. The molecule has 2 aliphatic rings. The van der Waals surface area contributed by atoms with Crippen LogP contribution in [0, 0.1) is 12.8 Å². The van der Waals surface area contributed by atoms with Gasteiger partial charge >= 0.3 is 11.0 Å². The predicted octanol–water partition coefficient (Wildman–Crippen LogP) is 5.58. The van der Waals surface area contributed by atoms with E-state index in [0.717, 1.165) is 40.8 Å². The molecule has 43 heavy (non-hydrogen) atoms. The summed E-state index contributed by atoms with van der Waals surface area (Å²) in [6.07, 6.45) is -4.79. The van der Waals surface area contributed by atoms with Gasteiger partial charge in [0.05, 0.1) is 22.2 Å². The van der Waals surface area contributed by atoms with Crippen molar-refractivity contribution < 1.29 is 32.3 Å². The number of alkyl halides is 3. The number of hydrogen-bond acceptors (Lipinski definition) is 7. The number of thioether (sulfide) groups is 1. The number of anilines is 2. The third-order valence-corrected chi connectivity index (χ3v) is 9.68. The lowest BCUT2D eigenvalue weighted by atomic mass is 9.83. The van der Waals surface area contributed by atoms with Crippen molar-refractivity contribution in [2.75, 3.05) is 16.8 Å². The van der Waals surface area contributed by atoms with Crippen LogP contribution in [0.3, 0.4) is 0 Å². The molecule has 0 saturated carbocycles. The van der Waals surface area contributed by atoms with Gasteiger partial charge in [0.1, 0.15) is 11.0 Å². The van der Waals surface area contributed by atoms with Crippen molar-refractivity contribution in [1.82, 2.24) is 4.98 Å². The molecular weight excluding hydrogens is 603 g/mol. The molecule has 3 amide bonds. The van der Waals surface area contributed by atoms with Gasteiger partial charge in [0.15, 0.2) is 6.61 Å². The first-order valence-corrected chi connectivity index (χ1v) is 14.7. The lowest BCUT2D eigenvalue weighted by molar-refractivity contribution is -0.137. The number of fused-ring (bicyclic) bond motifs is 2. The van der Waals surface area contributed by atoms with Gasteiger partial charge in [0.25, 0.3) is 5.91 Å². The molecular formula is C30H22F3N3O5S2. The van der Waals surface area contributed by atoms with Crippen LogP contribution >= 0.6 is 23.1 Å². The smallest absolute Gasteiger partial charge is 0.418 e. The van der Waals surface area contributed by atoms with Crippen LogP contribution in [0.15, 0.2) is 82.6 Å². The zero-order chi connectivity index (χ0) is 30.5. The van der Waals surface area contributed by atoms with E-state index in [9.17, 15) is 32.3 Å². The van der Waals surface area contributed by atoms with Crippen LogP contribution < -0.4 is 19.8 Å². The summed E-state index contributed by atoms with van der Waals surface area (Å²) in [6.45, 7) is 1.55. The van der Waals surface area contributed by atoms with Crippen molar-refractivity contribution in [3.05, 3.63) is 104 Å². The zero-order valence-electron chi connectivity index (χ0n) is 22.3. The summed E-state index contributed by atoms with van der Waals surface area (Å²) < 4.78 is 47.3. The van der Waals surface area contributed by atoms with Gasteiger partial charge in [0, 0.05) is 16.5 Å². The Balaban J connectivity index is 1.32. The van der Waals surface area contributed by atoms with Crippen molar-refractivity contribution in [3.8, 4) is 5.75 Å². The summed E-state index contributed by atoms with van der Waals surface area (Å²) in [5.41, 5.74) is 0.403. The maximum atomic E-state index is 13.9. The summed E-state index contributed by atoms with van der Waals surface area (Å²) in [7, 11) is 0. The largest absolute Gasteiger partial charge is 0.484 e. The molecule has 3 aromatic carbocycles. The average molecular weight is 626 g/mol. The molecule has 13 heteroatoms. The molecule has 0 aliphatic carbocycles. The first-order valence-electron chi connectivity index (χ1n) is 13.0. The number of rotatable bonds is 6. The fourth-order valence-corrected chi connectivity index (χ4v) is 7.88. The maximum Gasteiger partial charge on any atom is 0.418 e. The molecule has 1 aromatic heterocycles. The molecule has 0 radical (unpaired) electrons. The molecule has 2 N–H and O–H groups in total. The van der Waals surface area contributed by atoms with Crippen LogP contribution in [0.4, 0.5) is 24.5 Å². The number of halogens is 3. The number of imide groups is 1. The zero-order valence-corrected chi connectivity index (χ0v) is 23.9. The van der Waals surface area contributed by atoms with Gasteiger partial charge in [-0.25, -0.2) is 4.90 Å². The molecule has 2 aliphatic heterocycles. The quantitative estimate of drug-likeness (QED) is 0.271. The van der Waals surface area contributed by atoms with Gasteiger partial charge in [-0.1, -0.05) is 65.6 Å². The third kappa shape index (κ3) is 5.34. The molecule has 3 atom stereocenters. The summed E-state index contributed by atoms with van der Waals surface area (Å²) >= 11 is 1.85. The van der Waals surface area contributed by atoms with Crippen molar-refractivity contribution in [1.29, 1.82) is 0 Å². The van der Waals surface area contributed by atoms with E-state index in [2.05, 4.69) is 10.3 Å². The van der Waals surface area contributed by atoms with E-state index in [-0.39, 0.29) is 11.5 Å². The number of benzene rings is 3. The Bertz CT molecular complexity index is 1820. The highest BCUT2D eigenvalue weighted by molar-refractivity contribution is 8.00. The Morgan fingerprint density at radius 3 is 2.51 bits per heavy atom. The van der Waals surface area contributed by atoms with E-state index in [4.69, 9.17) is 4.74 Å². The summed E-state index contributed by atoms with van der Waals surface area (Å²) in [6, 6.07) is 18.3. The Morgan fingerprint density at radius 1 is 1.00 bits per heavy atom. The molecule has 4 aromatic rings. The van der Waals surface area contributed by atoms with Gasteiger partial charge in [0.2, 0.25) is 11.8 Å². The molecule has 3 heterocycles. The third-order valence-electron chi connectivity index (χ3n) is 7.28. The van der Waals surface area contributed by atoms with Crippen LogP contribution in [0.5, 0.6) is 5.75 Å². The second-order valence-corrected chi connectivity index (χ2v) is 12.2. The molecule has 6 rings (SSSR count). The Hall–Kier alpha value is -4.36. The van der Waals surface area contributed by atoms with E-state index < -0.39 is 52.2 Å². The monoisotopic (exact) mass is 625 g/mol. The summed E-state index contributed by atoms with van der Waals surface area (Å²) in [4.78, 5) is 55.8.